The molecule has 0 aliphatic heterocycles. The fraction of sp³-hybridized carbons (Fsp3) is 0.0588. The zero-order valence-corrected chi connectivity index (χ0v) is 29.3. The van der Waals surface area contributed by atoms with Crippen molar-refractivity contribution in [3.8, 4) is 33.4 Å². The second-order valence-corrected chi connectivity index (χ2v) is 15.2. The van der Waals surface area contributed by atoms with Gasteiger partial charge in [0.05, 0.1) is 0 Å². The van der Waals surface area contributed by atoms with Gasteiger partial charge in [0, 0.05) is 27.0 Å². The minimum atomic E-state index is -0.0429. The smallest absolute Gasteiger partial charge is 0.136 e. The molecule has 0 unspecified atom stereocenters. The van der Waals surface area contributed by atoms with Crippen molar-refractivity contribution in [3.63, 3.8) is 0 Å². The van der Waals surface area contributed by atoms with Gasteiger partial charge in [-0.15, -0.1) is 0 Å². The summed E-state index contributed by atoms with van der Waals surface area (Å²) in [5.74, 6) is 0. The molecule has 53 heavy (non-hydrogen) atoms. The van der Waals surface area contributed by atoms with E-state index in [-0.39, 0.29) is 5.41 Å². The standard InChI is InChI=1S/C51H32O2/c1-51(2)44-16-8-7-14-38(44)50-32(15-9-17-45(50)51)31-20-23-47-41(26-31)43-28-48-42(27-49(43)53-47)40-25-30(19-22-46(40)52-48)29-18-21-37-35-12-4-3-10-33(35)34-11-5-6-13-36(34)39(37)24-29/h3-28H,1-2H3. The molecule has 11 aromatic rings. The lowest BCUT2D eigenvalue weighted by Gasteiger charge is -2.21. The Morgan fingerprint density at radius 2 is 0.774 bits per heavy atom. The first-order valence-corrected chi connectivity index (χ1v) is 18.4. The molecular weight excluding hydrogens is 645 g/mol. The second kappa shape index (κ2) is 10.2. The Labute approximate surface area is 305 Å². The zero-order valence-electron chi connectivity index (χ0n) is 29.3. The van der Waals surface area contributed by atoms with E-state index in [1.54, 1.807) is 0 Å². The first kappa shape index (κ1) is 29.0. The number of fused-ring (bicyclic) bond motifs is 15. The van der Waals surface area contributed by atoms with Crippen molar-refractivity contribution >= 4 is 76.2 Å². The van der Waals surface area contributed by atoms with E-state index in [0.717, 1.165) is 49.4 Å². The van der Waals surface area contributed by atoms with Crippen LogP contribution in [0.4, 0.5) is 0 Å². The van der Waals surface area contributed by atoms with E-state index in [2.05, 4.69) is 172 Å². The highest BCUT2D eigenvalue weighted by molar-refractivity contribution is 6.26. The molecule has 0 atom stereocenters. The van der Waals surface area contributed by atoms with Crippen molar-refractivity contribution in [1.29, 1.82) is 0 Å². The van der Waals surface area contributed by atoms with Crippen LogP contribution in [0.1, 0.15) is 25.0 Å². The Morgan fingerprint density at radius 3 is 1.43 bits per heavy atom. The molecule has 0 amide bonds. The molecule has 2 nitrogen and oxygen atoms in total. The molecule has 0 radical (unpaired) electrons. The van der Waals surface area contributed by atoms with Gasteiger partial charge in [0.1, 0.15) is 22.3 Å². The van der Waals surface area contributed by atoms with Crippen LogP contribution in [0.5, 0.6) is 0 Å². The summed E-state index contributed by atoms with van der Waals surface area (Å²) in [4.78, 5) is 0. The van der Waals surface area contributed by atoms with E-state index in [9.17, 15) is 0 Å². The van der Waals surface area contributed by atoms with E-state index in [1.165, 1.54) is 71.3 Å². The maximum atomic E-state index is 6.55. The van der Waals surface area contributed by atoms with E-state index in [1.807, 2.05) is 0 Å². The first-order valence-electron chi connectivity index (χ1n) is 18.4. The van der Waals surface area contributed by atoms with Crippen LogP contribution in [0.3, 0.4) is 0 Å². The van der Waals surface area contributed by atoms with Gasteiger partial charge in [0.15, 0.2) is 0 Å². The number of benzene rings is 9. The van der Waals surface area contributed by atoms with E-state index in [0.29, 0.717) is 0 Å². The highest BCUT2D eigenvalue weighted by Crippen LogP contribution is 2.52. The van der Waals surface area contributed by atoms with Crippen LogP contribution >= 0.6 is 0 Å². The van der Waals surface area contributed by atoms with Gasteiger partial charge in [-0.05, 0) is 119 Å². The van der Waals surface area contributed by atoms with Crippen molar-refractivity contribution in [2.75, 3.05) is 0 Å². The third-order valence-electron chi connectivity index (χ3n) is 12.1. The van der Waals surface area contributed by atoms with E-state index < -0.39 is 0 Å². The molecule has 2 heterocycles. The molecular formula is C51H32O2. The van der Waals surface area contributed by atoms with Crippen LogP contribution in [0.25, 0.3) is 110 Å². The van der Waals surface area contributed by atoms with Gasteiger partial charge in [-0.1, -0.05) is 129 Å². The molecule has 12 rings (SSSR count). The minimum absolute atomic E-state index is 0.0429. The van der Waals surface area contributed by atoms with Crippen molar-refractivity contribution in [1.82, 2.24) is 0 Å². The highest BCUT2D eigenvalue weighted by Gasteiger charge is 2.36. The summed E-state index contributed by atoms with van der Waals surface area (Å²) in [6, 6.07) is 57.5. The average molecular weight is 677 g/mol. The second-order valence-electron chi connectivity index (χ2n) is 15.2. The fourth-order valence-electron chi connectivity index (χ4n) is 9.48. The van der Waals surface area contributed by atoms with Crippen LogP contribution in [0.15, 0.2) is 167 Å². The number of hydrogen-bond acceptors (Lipinski definition) is 2. The van der Waals surface area contributed by atoms with Gasteiger partial charge >= 0.3 is 0 Å². The SMILES string of the molecule is CC1(C)c2ccccc2-c2c(-c3ccc4oc5cc6c(cc5c4c3)oc3ccc(-c4ccc5c7ccccc7c7ccccc7c5c4)cc36)cccc21. The molecule has 0 bridgehead atoms. The normalized spacial score (nSPS) is 13.6. The summed E-state index contributed by atoms with van der Waals surface area (Å²) in [5, 5.41) is 12.0. The molecule has 0 saturated heterocycles. The van der Waals surface area contributed by atoms with Crippen molar-refractivity contribution in [2.24, 2.45) is 0 Å². The number of rotatable bonds is 2. The topological polar surface area (TPSA) is 26.3 Å². The van der Waals surface area contributed by atoms with Gasteiger partial charge in [0.2, 0.25) is 0 Å². The molecule has 2 aromatic heterocycles. The van der Waals surface area contributed by atoms with Crippen LogP contribution < -0.4 is 0 Å². The molecule has 0 N–H and O–H groups in total. The quantitative estimate of drug-likeness (QED) is 0.170. The molecule has 248 valence electrons. The summed E-state index contributed by atoms with van der Waals surface area (Å²) < 4.78 is 13.1. The Hall–Kier alpha value is -6.64. The summed E-state index contributed by atoms with van der Waals surface area (Å²) >= 11 is 0. The van der Waals surface area contributed by atoms with Crippen LogP contribution in [-0.2, 0) is 5.41 Å². The molecule has 0 fully saturated rings. The molecule has 9 aromatic carbocycles. The lowest BCUT2D eigenvalue weighted by atomic mass is 9.82. The highest BCUT2D eigenvalue weighted by atomic mass is 16.3. The molecule has 0 saturated carbocycles. The summed E-state index contributed by atoms with van der Waals surface area (Å²) in [6.07, 6.45) is 0. The molecule has 1 aliphatic rings. The maximum absolute atomic E-state index is 6.55. The first-order chi connectivity index (χ1) is 26.0. The van der Waals surface area contributed by atoms with E-state index in [4.69, 9.17) is 8.83 Å². The Kier molecular flexibility index (Phi) is 5.60. The van der Waals surface area contributed by atoms with Crippen LogP contribution in [0.2, 0.25) is 0 Å². The van der Waals surface area contributed by atoms with Gasteiger partial charge in [-0.3, -0.25) is 0 Å². The predicted octanol–water partition coefficient (Wildman–Crippen LogP) is 14.6. The van der Waals surface area contributed by atoms with Gasteiger partial charge in [0.25, 0.3) is 0 Å². The lowest BCUT2D eigenvalue weighted by Crippen LogP contribution is -2.14. The maximum Gasteiger partial charge on any atom is 0.136 e. The lowest BCUT2D eigenvalue weighted by molar-refractivity contribution is 0.660. The summed E-state index contributed by atoms with van der Waals surface area (Å²) in [7, 11) is 0. The Balaban J connectivity index is 1.00. The monoisotopic (exact) mass is 676 g/mol. The average Bonchev–Trinajstić information content (AvgIpc) is 3.83. The fourth-order valence-corrected chi connectivity index (χ4v) is 9.48. The largest absolute Gasteiger partial charge is 0.456 e. The number of hydrogen-bond donors (Lipinski definition) is 0. The third kappa shape index (κ3) is 3.93. The molecule has 1 aliphatic carbocycles. The van der Waals surface area contributed by atoms with Gasteiger partial charge in [-0.25, -0.2) is 0 Å². The van der Waals surface area contributed by atoms with Gasteiger partial charge < -0.3 is 8.83 Å². The summed E-state index contributed by atoms with van der Waals surface area (Å²) in [5.41, 5.74) is 13.7. The summed E-state index contributed by atoms with van der Waals surface area (Å²) in [6.45, 7) is 4.67. The minimum Gasteiger partial charge on any atom is -0.456 e. The van der Waals surface area contributed by atoms with Crippen LogP contribution in [-0.4, -0.2) is 0 Å². The predicted molar refractivity (Wildman–Crippen MR) is 222 cm³/mol. The Bertz CT molecular complexity index is 3330. The molecule has 0 spiro atoms. The number of furan rings is 2. The zero-order chi connectivity index (χ0) is 35.0. The van der Waals surface area contributed by atoms with Crippen molar-refractivity contribution in [2.45, 2.75) is 19.3 Å². The third-order valence-corrected chi connectivity index (χ3v) is 12.1. The van der Waals surface area contributed by atoms with Gasteiger partial charge in [-0.2, -0.15) is 0 Å². The molecule has 2 heteroatoms. The van der Waals surface area contributed by atoms with Crippen molar-refractivity contribution in [3.05, 3.63) is 169 Å². The van der Waals surface area contributed by atoms with Crippen molar-refractivity contribution < 1.29 is 8.83 Å². The van der Waals surface area contributed by atoms with Crippen LogP contribution in [0, 0.1) is 0 Å². The van der Waals surface area contributed by atoms with E-state index >= 15 is 0 Å². The Morgan fingerprint density at radius 1 is 0.321 bits per heavy atom.